The first-order valence-corrected chi connectivity index (χ1v) is 16.1. The molecule has 0 unspecified atom stereocenters. The van der Waals surface area contributed by atoms with Crippen molar-refractivity contribution in [3.63, 3.8) is 0 Å². The molecule has 1 aliphatic rings. The fraction of sp³-hybridized carbons (Fsp3) is 0.414. The van der Waals surface area contributed by atoms with Crippen molar-refractivity contribution in [3.8, 4) is 17.5 Å². The summed E-state index contributed by atoms with van der Waals surface area (Å²) in [6, 6.07) is 11.6. The predicted molar refractivity (Wildman–Crippen MR) is 157 cm³/mol. The zero-order chi connectivity index (χ0) is 28.6. The number of amides is 1. The number of rotatable bonds is 8. The third-order valence-corrected chi connectivity index (χ3v) is 11.9. The summed E-state index contributed by atoms with van der Waals surface area (Å²) in [7, 11) is -0.753. The number of anilines is 3. The Morgan fingerprint density at radius 3 is 2.67 bits per heavy atom. The largest absolute Gasteiger partial charge is 0.432 e. The highest BCUT2D eigenvalue weighted by atomic mass is 28.4. The molecule has 1 atom stereocenters. The second kappa shape index (κ2) is 10.4. The molecule has 2 aromatic carbocycles. The van der Waals surface area contributed by atoms with E-state index in [0.717, 1.165) is 47.5 Å². The lowest BCUT2D eigenvalue weighted by molar-refractivity contribution is 0.0963. The Bertz CT molecular complexity index is 1460. The van der Waals surface area contributed by atoms with Gasteiger partial charge in [0.1, 0.15) is 12.4 Å². The highest BCUT2D eigenvalue weighted by Gasteiger charge is 2.42. The van der Waals surface area contributed by atoms with Gasteiger partial charge in [-0.1, -0.05) is 26.8 Å². The molecule has 4 N–H and O–H groups in total. The maximum absolute atomic E-state index is 12.1. The van der Waals surface area contributed by atoms with Crippen molar-refractivity contribution in [2.75, 3.05) is 24.2 Å². The van der Waals surface area contributed by atoms with Gasteiger partial charge in [-0.2, -0.15) is 10.2 Å². The summed E-state index contributed by atoms with van der Waals surface area (Å²) in [4.78, 5) is 36.3. The standard InChI is InChI=1S/C29H37N7O2Si/c1-18-8-9-19(26(37)31-5)14-23(18)35-27-34-17-33-25(36-27)20-12-21(15-30)24-22(13-20)29(4,16-32-24)11-10-28(2,3)39(6,7)38/h8-9,12-14,17,32,38H,10-11,16H2,1-7H3,(H,31,37)(H,33,34,35,36)/t29-/m0/s1. The van der Waals surface area contributed by atoms with Crippen molar-refractivity contribution in [1.29, 1.82) is 5.26 Å². The van der Waals surface area contributed by atoms with Gasteiger partial charge in [0.05, 0.1) is 11.3 Å². The van der Waals surface area contributed by atoms with Gasteiger partial charge in [0.25, 0.3) is 5.91 Å². The molecule has 1 aliphatic heterocycles. The molecule has 0 saturated heterocycles. The summed E-state index contributed by atoms with van der Waals surface area (Å²) in [5.74, 6) is 0.612. The molecule has 0 fully saturated rings. The number of carbonyl (C=O) groups excluding carboxylic acids is 1. The van der Waals surface area contributed by atoms with Gasteiger partial charge in [-0.15, -0.1) is 0 Å². The van der Waals surface area contributed by atoms with Crippen molar-refractivity contribution >= 4 is 31.5 Å². The van der Waals surface area contributed by atoms with Gasteiger partial charge in [-0.3, -0.25) is 4.79 Å². The van der Waals surface area contributed by atoms with Gasteiger partial charge < -0.3 is 20.7 Å². The van der Waals surface area contributed by atoms with E-state index in [1.165, 1.54) is 6.33 Å². The molecule has 204 valence electrons. The van der Waals surface area contributed by atoms with Crippen LogP contribution in [0.2, 0.25) is 18.1 Å². The van der Waals surface area contributed by atoms with Gasteiger partial charge >= 0.3 is 0 Å². The van der Waals surface area contributed by atoms with Crippen molar-refractivity contribution in [2.45, 2.75) is 64.1 Å². The Kier molecular flexibility index (Phi) is 7.52. The van der Waals surface area contributed by atoms with Crippen LogP contribution >= 0.6 is 0 Å². The molecule has 1 aromatic heterocycles. The maximum Gasteiger partial charge on any atom is 0.251 e. The number of aryl methyl sites for hydroxylation is 1. The molecule has 0 bridgehead atoms. The highest BCUT2D eigenvalue weighted by molar-refractivity contribution is 6.72. The number of benzene rings is 2. The average molecular weight is 544 g/mol. The first-order chi connectivity index (χ1) is 18.3. The van der Waals surface area contributed by atoms with Crippen LogP contribution in [0.4, 0.5) is 17.3 Å². The van der Waals surface area contributed by atoms with E-state index in [1.54, 1.807) is 19.2 Å². The van der Waals surface area contributed by atoms with Crippen LogP contribution in [0, 0.1) is 18.3 Å². The zero-order valence-electron chi connectivity index (χ0n) is 23.7. The zero-order valence-corrected chi connectivity index (χ0v) is 24.7. The quantitative estimate of drug-likeness (QED) is 0.282. The number of nitrogens with zero attached hydrogens (tertiary/aromatic N) is 4. The monoisotopic (exact) mass is 543 g/mol. The van der Waals surface area contributed by atoms with E-state index in [9.17, 15) is 14.9 Å². The minimum absolute atomic E-state index is 0.142. The fourth-order valence-corrected chi connectivity index (χ4v) is 5.42. The Hall–Kier alpha value is -3.81. The molecule has 2 heterocycles. The van der Waals surface area contributed by atoms with Crippen LogP contribution in [0.1, 0.15) is 60.7 Å². The van der Waals surface area contributed by atoms with Gasteiger partial charge in [-0.05, 0) is 73.3 Å². The second-order valence-corrected chi connectivity index (χ2v) is 16.3. The van der Waals surface area contributed by atoms with Crippen molar-refractivity contribution in [1.82, 2.24) is 20.3 Å². The van der Waals surface area contributed by atoms with Crippen LogP contribution in [-0.2, 0) is 5.41 Å². The normalized spacial score (nSPS) is 16.7. The molecular weight excluding hydrogens is 506 g/mol. The minimum Gasteiger partial charge on any atom is -0.432 e. The van der Waals surface area contributed by atoms with Crippen LogP contribution in [0.3, 0.4) is 0 Å². The van der Waals surface area contributed by atoms with Gasteiger partial charge in [0, 0.05) is 35.8 Å². The van der Waals surface area contributed by atoms with Crippen LogP contribution in [0.5, 0.6) is 0 Å². The summed E-state index contributed by atoms with van der Waals surface area (Å²) >= 11 is 0. The van der Waals surface area contributed by atoms with E-state index in [-0.39, 0.29) is 16.4 Å². The number of hydrogen-bond donors (Lipinski definition) is 4. The summed E-state index contributed by atoms with van der Waals surface area (Å²) in [6.07, 6.45) is 3.19. The van der Waals surface area contributed by atoms with Crippen LogP contribution in [-0.4, -0.2) is 47.6 Å². The number of carbonyl (C=O) groups is 1. The summed E-state index contributed by atoms with van der Waals surface area (Å²) in [6.45, 7) is 13.1. The van der Waals surface area contributed by atoms with Crippen LogP contribution < -0.4 is 16.0 Å². The van der Waals surface area contributed by atoms with Crippen molar-refractivity contribution in [2.24, 2.45) is 0 Å². The second-order valence-electron chi connectivity index (χ2n) is 11.8. The average Bonchev–Trinajstić information content (AvgIpc) is 3.24. The number of nitrogens with one attached hydrogen (secondary N) is 3. The molecule has 39 heavy (non-hydrogen) atoms. The number of hydrogen-bond acceptors (Lipinski definition) is 8. The van der Waals surface area contributed by atoms with Crippen LogP contribution in [0.25, 0.3) is 11.4 Å². The highest BCUT2D eigenvalue weighted by Crippen LogP contribution is 2.48. The third-order valence-electron chi connectivity index (χ3n) is 8.33. The first kappa shape index (κ1) is 28.2. The lowest BCUT2D eigenvalue weighted by Gasteiger charge is -2.38. The fourth-order valence-electron chi connectivity index (χ4n) is 4.68. The molecule has 1 amide bonds. The summed E-state index contributed by atoms with van der Waals surface area (Å²) < 4.78 is 0. The number of aromatic nitrogens is 3. The Morgan fingerprint density at radius 2 is 2.00 bits per heavy atom. The Morgan fingerprint density at radius 1 is 1.26 bits per heavy atom. The maximum atomic E-state index is 12.1. The summed E-state index contributed by atoms with van der Waals surface area (Å²) in [5.41, 5.74) is 5.18. The lowest BCUT2D eigenvalue weighted by Crippen LogP contribution is -2.40. The third kappa shape index (κ3) is 5.65. The van der Waals surface area contributed by atoms with Crippen molar-refractivity contribution < 1.29 is 9.59 Å². The molecule has 10 heteroatoms. The van der Waals surface area contributed by atoms with E-state index in [0.29, 0.717) is 22.9 Å². The molecule has 0 spiro atoms. The molecule has 9 nitrogen and oxygen atoms in total. The van der Waals surface area contributed by atoms with E-state index in [2.05, 4.69) is 63.8 Å². The van der Waals surface area contributed by atoms with Crippen LogP contribution in [0.15, 0.2) is 36.7 Å². The summed E-state index contributed by atoms with van der Waals surface area (Å²) in [5, 5.41) is 19.1. The Labute approximate surface area is 231 Å². The smallest absolute Gasteiger partial charge is 0.251 e. The van der Waals surface area contributed by atoms with E-state index >= 15 is 0 Å². The van der Waals surface area contributed by atoms with E-state index in [1.807, 2.05) is 32.2 Å². The first-order valence-electron chi connectivity index (χ1n) is 13.1. The van der Waals surface area contributed by atoms with Crippen molar-refractivity contribution in [3.05, 3.63) is 58.9 Å². The van der Waals surface area contributed by atoms with E-state index in [4.69, 9.17) is 0 Å². The molecule has 0 saturated carbocycles. The Balaban J connectivity index is 1.67. The molecule has 0 radical (unpaired) electrons. The SMILES string of the molecule is CNC(=O)c1ccc(C)c(Nc2ncnc(-c3cc(C#N)c4c(c3)[C@@](C)(CCC(C)(C)[Si](C)(C)O)CN4)n2)c1. The van der Waals surface area contributed by atoms with E-state index < -0.39 is 8.32 Å². The van der Waals surface area contributed by atoms with Gasteiger partial charge in [-0.25, -0.2) is 9.97 Å². The molecule has 0 aliphatic carbocycles. The topological polar surface area (TPSA) is 136 Å². The molecular formula is C29H37N7O2Si. The van der Waals surface area contributed by atoms with Gasteiger partial charge in [0.2, 0.25) is 5.95 Å². The van der Waals surface area contributed by atoms with Gasteiger partial charge in [0.15, 0.2) is 14.1 Å². The number of fused-ring (bicyclic) bond motifs is 1. The minimum atomic E-state index is -2.35. The number of nitriles is 1. The lowest BCUT2D eigenvalue weighted by atomic mass is 9.77. The molecule has 4 rings (SSSR count). The molecule has 3 aromatic rings. The predicted octanol–water partition coefficient (Wildman–Crippen LogP) is 5.26.